The molecule has 2 rings (SSSR count). The molecule has 0 radical (unpaired) electrons. The van der Waals surface area contributed by atoms with Gasteiger partial charge in [-0.2, -0.15) is 0 Å². The zero-order chi connectivity index (χ0) is 9.86. The molecule has 0 aliphatic carbocycles. The van der Waals surface area contributed by atoms with Gasteiger partial charge in [0.2, 0.25) is 0 Å². The average molecular weight is 212 g/mol. The van der Waals surface area contributed by atoms with Crippen LogP contribution >= 0.6 is 11.3 Å². The average Bonchev–Trinajstić information content (AvgIpc) is 2.73. The Hall–Kier alpha value is -0.450. The number of aromatic nitrogens is 1. The van der Waals surface area contributed by atoms with Crippen LogP contribution in [-0.2, 0) is 10.3 Å². The number of thiazole rings is 1. The number of nitrogens with one attached hydrogen (secondary N) is 1. The Balaban J connectivity index is 2.20. The SMILES string of the molecule is CCNC1(c2nccs2)CCOCC1. The van der Waals surface area contributed by atoms with Crippen molar-refractivity contribution < 1.29 is 4.74 Å². The maximum absolute atomic E-state index is 5.41. The van der Waals surface area contributed by atoms with Crippen molar-refractivity contribution in [1.82, 2.24) is 10.3 Å². The van der Waals surface area contributed by atoms with Gasteiger partial charge < -0.3 is 10.1 Å². The molecule has 3 nitrogen and oxygen atoms in total. The molecule has 1 aliphatic heterocycles. The zero-order valence-corrected chi connectivity index (χ0v) is 9.27. The molecule has 0 amide bonds. The van der Waals surface area contributed by atoms with Gasteiger partial charge >= 0.3 is 0 Å². The fraction of sp³-hybridized carbons (Fsp3) is 0.700. The fourth-order valence-electron chi connectivity index (χ4n) is 1.98. The van der Waals surface area contributed by atoms with Crippen molar-refractivity contribution in [3.8, 4) is 0 Å². The summed E-state index contributed by atoms with van der Waals surface area (Å²) in [5.41, 5.74) is 0.0845. The number of rotatable bonds is 3. The zero-order valence-electron chi connectivity index (χ0n) is 8.45. The number of hydrogen-bond donors (Lipinski definition) is 1. The predicted octanol–water partition coefficient (Wildman–Crippen LogP) is 1.76. The maximum Gasteiger partial charge on any atom is 0.113 e. The molecule has 1 saturated heterocycles. The van der Waals surface area contributed by atoms with E-state index < -0.39 is 0 Å². The van der Waals surface area contributed by atoms with Crippen molar-refractivity contribution in [2.45, 2.75) is 25.3 Å². The molecule has 0 bridgehead atoms. The second-order valence-corrected chi connectivity index (χ2v) is 4.46. The molecule has 1 aromatic heterocycles. The van der Waals surface area contributed by atoms with Gasteiger partial charge in [-0.3, -0.25) is 0 Å². The molecule has 4 heteroatoms. The smallest absolute Gasteiger partial charge is 0.113 e. The van der Waals surface area contributed by atoms with Crippen LogP contribution in [0.3, 0.4) is 0 Å². The minimum atomic E-state index is 0.0845. The number of ether oxygens (including phenoxy) is 1. The third-order valence-electron chi connectivity index (χ3n) is 2.70. The summed E-state index contributed by atoms with van der Waals surface area (Å²) < 4.78 is 5.41. The van der Waals surface area contributed by atoms with E-state index in [1.54, 1.807) is 11.3 Å². The van der Waals surface area contributed by atoms with Gasteiger partial charge in [-0.1, -0.05) is 6.92 Å². The molecule has 2 heterocycles. The third-order valence-corrected chi connectivity index (χ3v) is 3.68. The monoisotopic (exact) mass is 212 g/mol. The molecule has 1 aromatic rings. The molecule has 1 N–H and O–H groups in total. The molecule has 0 saturated carbocycles. The Labute approximate surface area is 88.5 Å². The van der Waals surface area contributed by atoms with Crippen LogP contribution in [0.2, 0.25) is 0 Å². The largest absolute Gasteiger partial charge is 0.381 e. The Morgan fingerprint density at radius 3 is 2.93 bits per heavy atom. The first-order chi connectivity index (χ1) is 6.87. The molecule has 78 valence electrons. The van der Waals surface area contributed by atoms with Gasteiger partial charge in [0.1, 0.15) is 5.01 Å². The first kappa shape index (κ1) is 10.1. The van der Waals surface area contributed by atoms with Crippen LogP contribution in [0.1, 0.15) is 24.8 Å². The summed E-state index contributed by atoms with van der Waals surface area (Å²) in [4.78, 5) is 4.43. The molecule has 1 fully saturated rings. The lowest BCUT2D eigenvalue weighted by molar-refractivity contribution is 0.0373. The third kappa shape index (κ3) is 1.82. The van der Waals surface area contributed by atoms with Crippen LogP contribution < -0.4 is 5.32 Å². The fourth-order valence-corrected chi connectivity index (χ4v) is 2.86. The van der Waals surface area contributed by atoms with E-state index in [2.05, 4.69) is 17.2 Å². The van der Waals surface area contributed by atoms with Crippen LogP contribution in [0.4, 0.5) is 0 Å². The molecule has 0 unspecified atom stereocenters. The van der Waals surface area contributed by atoms with Gasteiger partial charge in [0.15, 0.2) is 0 Å². The van der Waals surface area contributed by atoms with Gasteiger partial charge in [-0.15, -0.1) is 11.3 Å². The minimum absolute atomic E-state index is 0.0845. The lowest BCUT2D eigenvalue weighted by Gasteiger charge is -2.36. The van der Waals surface area contributed by atoms with Crippen molar-refractivity contribution in [1.29, 1.82) is 0 Å². The highest BCUT2D eigenvalue weighted by Gasteiger charge is 2.35. The van der Waals surface area contributed by atoms with E-state index >= 15 is 0 Å². The topological polar surface area (TPSA) is 34.2 Å². The van der Waals surface area contributed by atoms with Gasteiger partial charge in [-0.05, 0) is 19.4 Å². The Morgan fingerprint density at radius 2 is 2.36 bits per heavy atom. The number of nitrogens with zero attached hydrogens (tertiary/aromatic N) is 1. The maximum atomic E-state index is 5.41. The van der Waals surface area contributed by atoms with Crippen molar-refractivity contribution in [2.24, 2.45) is 0 Å². The van der Waals surface area contributed by atoms with Crippen molar-refractivity contribution in [2.75, 3.05) is 19.8 Å². The molecule has 0 aromatic carbocycles. The van der Waals surface area contributed by atoms with E-state index in [0.717, 1.165) is 32.6 Å². The van der Waals surface area contributed by atoms with Gasteiger partial charge in [0.25, 0.3) is 0 Å². The first-order valence-electron chi connectivity index (χ1n) is 5.10. The Morgan fingerprint density at radius 1 is 1.57 bits per heavy atom. The van der Waals surface area contributed by atoms with E-state index in [1.807, 2.05) is 11.6 Å². The van der Waals surface area contributed by atoms with Crippen LogP contribution in [0.25, 0.3) is 0 Å². The summed E-state index contributed by atoms with van der Waals surface area (Å²) in [6.07, 6.45) is 3.96. The van der Waals surface area contributed by atoms with Crippen LogP contribution in [0, 0.1) is 0 Å². The van der Waals surface area contributed by atoms with Crippen molar-refractivity contribution in [3.05, 3.63) is 16.6 Å². The highest BCUT2D eigenvalue weighted by atomic mass is 32.1. The molecular weight excluding hydrogens is 196 g/mol. The van der Waals surface area contributed by atoms with Crippen LogP contribution in [-0.4, -0.2) is 24.7 Å². The van der Waals surface area contributed by atoms with Crippen molar-refractivity contribution >= 4 is 11.3 Å². The molecule has 14 heavy (non-hydrogen) atoms. The Kier molecular flexibility index (Phi) is 3.15. The van der Waals surface area contributed by atoms with E-state index in [-0.39, 0.29) is 5.54 Å². The van der Waals surface area contributed by atoms with E-state index in [4.69, 9.17) is 4.74 Å². The minimum Gasteiger partial charge on any atom is -0.381 e. The summed E-state index contributed by atoms with van der Waals surface area (Å²) in [6, 6.07) is 0. The highest BCUT2D eigenvalue weighted by molar-refractivity contribution is 7.09. The summed E-state index contributed by atoms with van der Waals surface area (Å²) >= 11 is 1.74. The van der Waals surface area contributed by atoms with Gasteiger partial charge in [-0.25, -0.2) is 4.98 Å². The first-order valence-corrected chi connectivity index (χ1v) is 5.98. The van der Waals surface area contributed by atoms with Crippen LogP contribution in [0.5, 0.6) is 0 Å². The molecule has 0 atom stereocenters. The summed E-state index contributed by atoms with van der Waals surface area (Å²) in [6.45, 7) is 4.81. The van der Waals surface area contributed by atoms with Gasteiger partial charge in [0, 0.05) is 24.8 Å². The van der Waals surface area contributed by atoms with E-state index in [0.29, 0.717) is 0 Å². The van der Waals surface area contributed by atoms with Crippen molar-refractivity contribution in [3.63, 3.8) is 0 Å². The normalized spacial score (nSPS) is 20.9. The lowest BCUT2D eigenvalue weighted by atomic mass is 9.91. The second kappa shape index (κ2) is 4.38. The summed E-state index contributed by atoms with van der Waals surface area (Å²) in [5.74, 6) is 0. The highest BCUT2D eigenvalue weighted by Crippen LogP contribution is 2.33. The predicted molar refractivity (Wildman–Crippen MR) is 57.5 cm³/mol. The lowest BCUT2D eigenvalue weighted by Crippen LogP contribution is -2.46. The number of hydrogen-bond acceptors (Lipinski definition) is 4. The van der Waals surface area contributed by atoms with Crippen LogP contribution in [0.15, 0.2) is 11.6 Å². The molecule has 0 spiro atoms. The Bertz CT molecular complexity index is 262. The summed E-state index contributed by atoms with van der Waals surface area (Å²) in [5, 5.41) is 6.82. The second-order valence-electron chi connectivity index (χ2n) is 3.56. The summed E-state index contributed by atoms with van der Waals surface area (Å²) in [7, 11) is 0. The molecule has 1 aliphatic rings. The quantitative estimate of drug-likeness (QED) is 0.829. The van der Waals surface area contributed by atoms with E-state index in [1.165, 1.54) is 5.01 Å². The molecular formula is C10H16N2OS. The van der Waals surface area contributed by atoms with Gasteiger partial charge in [0.05, 0.1) is 5.54 Å². The standard InChI is InChI=1S/C10H16N2OS/c1-2-12-10(3-6-13-7-4-10)9-11-5-8-14-9/h5,8,12H,2-4,6-7H2,1H3. The van der Waals surface area contributed by atoms with E-state index in [9.17, 15) is 0 Å².